The van der Waals surface area contributed by atoms with E-state index >= 15 is 8.78 Å². The van der Waals surface area contributed by atoms with E-state index in [0.29, 0.717) is 62.6 Å². The third-order valence-electron chi connectivity index (χ3n) is 10.9. The van der Waals surface area contributed by atoms with Crippen LogP contribution in [0.25, 0.3) is 22.4 Å². The average Bonchev–Trinajstić information content (AvgIpc) is 3.90. The number of halogens is 3. The van der Waals surface area contributed by atoms with Crippen LogP contribution in [0.1, 0.15) is 46.4 Å². The Kier molecular flexibility index (Phi) is 23.0. The Labute approximate surface area is 386 Å². The summed E-state index contributed by atoms with van der Waals surface area (Å²) in [4.78, 5) is 75.2. The number of carboxylic acid groups (broad SMARTS) is 1. The second-order valence-electron chi connectivity index (χ2n) is 15.3. The van der Waals surface area contributed by atoms with Crippen molar-refractivity contribution in [2.24, 2.45) is 18.9 Å². The number of aromatic nitrogens is 4. The number of aliphatic hydroxyl groups is 1. The summed E-state index contributed by atoms with van der Waals surface area (Å²) >= 11 is 6.43. The first kappa shape index (κ1) is 54.2. The van der Waals surface area contributed by atoms with E-state index in [9.17, 15) is 19.2 Å². The topological polar surface area (TPSA) is 246 Å². The van der Waals surface area contributed by atoms with Gasteiger partial charge in [0.25, 0.3) is 24.8 Å². The lowest BCUT2D eigenvalue weighted by Crippen LogP contribution is -3.14. The molecule has 19 nitrogen and oxygen atoms in total. The number of quaternary nitrogens is 1. The Bertz CT molecular complexity index is 2190. The van der Waals surface area contributed by atoms with Gasteiger partial charge in [0, 0.05) is 113 Å². The van der Waals surface area contributed by atoms with Gasteiger partial charge in [0.1, 0.15) is 6.54 Å². The number of benzene rings is 2. The Hall–Kier alpha value is -6.13. The first-order valence-electron chi connectivity index (χ1n) is 21.2. The molecule has 0 aliphatic carbocycles. The van der Waals surface area contributed by atoms with Crippen LogP contribution in [-0.4, -0.2) is 163 Å². The van der Waals surface area contributed by atoms with Crippen molar-refractivity contribution in [1.29, 1.82) is 0 Å². The van der Waals surface area contributed by atoms with Crippen molar-refractivity contribution in [2.75, 3.05) is 91.5 Å². The summed E-state index contributed by atoms with van der Waals surface area (Å²) in [5.74, 6) is -1.33. The molecular formula is C44H60ClF2N10O9+. The van der Waals surface area contributed by atoms with E-state index in [4.69, 9.17) is 31.4 Å². The maximum absolute atomic E-state index is 15.2. The minimum atomic E-state index is -1.07. The molecule has 3 saturated heterocycles. The lowest BCUT2D eigenvalue weighted by atomic mass is 9.99. The number of imidazole rings is 1. The number of aldehydes is 1. The average molecular weight is 946 g/mol. The van der Waals surface area contributed by atoms with E-state index in [1.807, 2.05) is 6.92 Å². The van der Waals surface area contributed by atoms with Crippen molar-refractivity contribution >= 4 is 54.2 Å². The molecule has 0 radical (unpaired) electrons. The molecule has 66 heavy (non-hydrogen) atoms. The smallest absolute Gasteiger partial charge is 0.292 e. The molecule has 0 saturated carbocycles. The maximum atomic E-state index is 15.2. The van der Waals surface area contributed by atoms with Gasteiger partial charge in [0.05, 0.1) is 48.9 Å². The summed E-state index contributed by atoms with van der Waals surface area (Å²) in [5, 5.41) is 29.8. The number of anilines is 1. The summed E-state index contributed by atoms with van der Waals surface area (Å²) in [6.07, 6.45) is 5.04. The minimum absolute atomic E-state index is 0.0451. The first-order valence-corrected chi connectivity index (χ1v) is 21.6. The summed E-state index contributed by atoms with van der Waals surface area (Å²) in [6, 6.07) is 7.42. The van der Waals surface area contributed by atoms with Gasteiger partial charge in [-0.1, -0.05) is 24.6 Å². The van der Waals surface area contributed by atoms with Crippen LogP contribution in [0.4, 0.5) is 14.5 Å². The van der Waals surface area contributed by atoms with Gasteiger partial charge < -0.3 is 50.2 Å². The Morgan fingerprint density at radius 2 is 1.48 bits per heavy atom. The van der Waals surface area contributed by atoms with E-state index in [0.717, 1.165) is 57.8 Å². The van der Waals surface area contributed by atoms with Crippen LogP contribution >= 0.6 is 11.6 Å². The number of nitrogens with one attached hydrogen (secondary N) is 5. The first-order chi connectivity index (χ1) is 31.8. The fourth-order valence-corrected chi connectivity index (χ4v) is 7.53. The lowest BCUT2D eigenvalue weighted by Gasteiger charge is -2.35. The molecule has 7 N–H and O–H groups in total. The molecular weight excluding hydrogens is 886 g/mol. The number of ether oxygens (including phenoxy) is 1. The van der Waals surface area contributed by atoms with Crippen LogP contribution in [0.2, 0.25) is 5.02 Å². The molecule has 3 aliphatic heterocycles. The van der Waals surface area contributed by atoms with Crippen molar-refractivity contribution in [3.63, 3.8) is 0 Å². The number of amides is 3. The van der Waals surface area contributed by atoms with Crippen molar-refractivity contribution in [2.45, 2.75) is 26.7 Å². The van der Waals surface area contributed by atoms with Crippen LogP contribution in [0.15, 0.2) is 42.7 Å². The number of rotatable bonds is 14. The highest BCUT2D eigenvalue weighted by Crippen LogP contribution is 2.33. The summed E-state index contributed by atoms with van der Waals surface area (Å²) in [6.45, 7) is 13.1. The van der Waals surface area contributed by atoms with E-state index in [1.54, 1.807) is 22.8 Å². The van der Waals surface area contributed by atoms with Gasteiger partial charge in [-0.15, -0.1) is 0 Å². The molecule has 5 heterocycles. The predicted octanol–water partition coefficient (Wildman–Crippen LogP) is 1.66. The molecule has 2 aromatic heterocycles. The van der Waals surface area contributed by atoms with Crippen LogP contribution in [-0.2, 0) is 31.0 Å². The van der Waals surface area contributed by atoms with E-state index in [-0.39, 0.29) is 51.5 Å². The molecule has 7 rings (SSSR count). The van der Waals surface area contributed by atoms with Gasteiger partial charge in [-0.05, 0) is 37.6 Å². The third kappa shape index (κ3) is 15.0. The Balaban J connectivity index is 0.000000413. The number of carbonyl (C=O) groups is 6. The van der Waals surface area contributed by atoms with Gasteiger partial charge >= 0.3 is 0 Å². The SMILES string of the molecule is CCCC(=O)N1CCN(C(=O)c2ccc(NC(=O)c3ncc(-c4ccc(-c5cn[nH]c5C)c(F)c4F)n3C)cc2Cl)CC1.CO.COC=O.O=CC[NH+](CC1CNC1)CC1CNC1.O=CO. The zero-order valence-corrected chi connectivity index (χ0v) is 38.5. The van der Waals surface area contributed by atoms with Crippen LogP contribution < -0.4 is 20.9 Å². The monoisotopic (exact) mass is 945 g/mol. The fraction of sp³-hybridized carbons (Fsp3) is 0.455. The molecule has 0 atom stereocenters. The number of piperazine rings is 1. The summed E-state index contributed by atoms with van der Waals surface area (Å²) < 4.78 is 35.4. The van der Waals surface area contributed by atoms with Crippen LogP contribution in [0.5, 0.6) is 0 Å². The highest BCUT2D eigenvalue weighted by molar-refractivity contribution is 6.34. The van der Waals surface area contributed by atoms with E-state index in [1.165, 1.54) is 73.4 Å². The molecule has 4 aromatic rings. The van der Waals surface area contributed by atoms with Gasteiger partial charge in [-0.25, -0.2) is 13.8 Å². The number of hydrogen-bond acceptors (Lipinski definition) is 12. The largest absolute Gasteiger partial charge is 0.483 e. The second kappa shape index (κ2) is 28.0. The Morgan fingerprint density at radius 3 is 1.97 bits per heavy atom. The number of aliphatic hydroxyl groups excluding tert-OH is 1. The highest BCUT2D eigenvalue weighted by atomic mass is 35.5. The van der Waals surface area contributed by atoms with Crippen molar-refractivity contribution in [3.8, 4) is 22.4 Å². The molecule has 0 spiro atoms. The quantitative estimate of drug-likeness (QED) is 0.0891. The summed E-state index contributed by atoms with van der Waals surface area (Å²) in [7, 11) is 3.83. The molecule has 2 aromatic carbocycles. The molecule has 0 bridgehead atoms. The summed E-state index contributed by atoms with van der Waals surface area (Å²) in [5.41, 5.74) is 1.85. The predicted molar refractivity (Wildman–Crippen MR) is 242 cm³/mol. The van der Waals surface area contributed by atoms with Gasteiger partial charge in [-0.3, -0.25) is 33.9 Å². The number of methoxy groups -OCH3 is 1. The number of aromatic amines is 1. The normalized spacial score (nSPS) is 14.2. The minimum Gasteiger partial charge on any atom is -0.483 e. The number of H-pyrrole nitrogens is 1. The van der Waals surface area contributed by atoms with Crippen molar-refractivity contribution in [3.05, 3.63) is 76.5 Å². The van der Waals surface area contributed by atoms with Crippen molar-refractivity contribution in [1.82, 2.24) is 40.2 Å². The number of nitrogens with zero attached hydrogens (tertiary/aromatic N) is 5. The molecule has 3 fully saturated rings. The number of hydrogen-bond donors (Lipinski definition) is 7. The molecule has 3 amide bonds. The van der Waals surface area contributed by atoms with Crippen molar-refractivity contribution < 1.29 is 57.4 Å². The standard InChI is InChI=1S/C30H30ClF2N7O3.C10H19N3O.C2H4O2.CH2O2.CH4O/c1-4-5-25(41)39-10-12-40(13-11-39)30(43)20-7-6-18(14-23(20)31)36-29(42)28-34-16-24(38(28)3)21-9-8-19(26(32)27(21)33)22-15-35-37-17(22)2;14-2-1-13(7-9-3-11-4-9)8-10-5-12-6-10;1-4-2-3;2-1-3;1-2/h6-9,14-16H,4-5,10-13H2,1-3H3,(H,35,37)(H,36,42);2,9-12H,1,3-8H2;2H,1H3;1H,(H,2,3);2H,1H3/p+1. The third-order valence-corrected chi connectivity index (χ3v) is 11.2. The van der Waals surface area contributed by atoms with Gasteiger partial charge in [0.15, 0.2) is 23.7 Å². The second-order valence-corrected chi connectivity index (χ2v) is 15.7. The zero-order chi connectivity index (χ0) is 48.8. The maximum Gasteiger partial charge on any atom is 0.292 e. The van der Waals surface area contributed by atoms with Gasteiger partial charge in [-0.2, -0.15) is 5.10 Å². The molecule has 22 heteroatoms. The lowest BCUT2D eigenvalue weighted by molar-refractivity contribution is -0.898. The Morgan fingerprint density at radius 1 is 0.924 bits per heavy atom. The zero-order valence-electron chi connectivity index (χ0n) is 37.7. The fourth-order valence-electron chi connectivity index (χ4n) is 7.27. The molecule has 360 valence electrons. The van der Waals surface area contributed by atoms with Gasteiger partial charge in [0.2, 0.25) is 5.91 Å². The number of carbonyl (C=O) groups excluding carboxylic acids is 5. The molecule has 0 unspecified atom stereocenters. The van der Waals surface area contributed by atoms with Crippen LogP contribution in [0, 0.1) is 30.4 Å². The van der Waals surface area contributed by atoms with E-state index < -0.39 is 17.5 Å². The number of aryl methyl sites for hydroxylation is 1. The molecule has 3 aliphatic rings. The van der Waals surface area contributed by atoms with Crippen LogP contribution in [0.3, 0.4) is 0 Å². The van der Waals surface area contributed by atoms with E-state index in [2.05, 4.69) is 35.9 Å². The highest BCUT2D eigenvalue weighted by Gasteiger charge is 2.28.